The van der Waals surface area contributed by atoms with Gasteiger partial charge in [0.2, 0.25) is 5.95 Å². The molecular weight excluding hydrogens is 397 g/mol. The van der Waals surface area contributed by atoms with Crippen LogP contribution in [0, 0.1) is 5.82 Å². The van der Waals surface area contributed by atoms with E-state index in [9.17, 15) is 9.18 Å². The van der Waals surface area contributed by atoms with Crippen LogP contribution in [0.4, 0.5) is 21.7 Å². The monoisotopic (exact) mass is 421 g/mol. The normalized spacial score (nSPS) is 18.6. The number of halogens is 1. The fraction of sp³-hybridized carbons (Fsp3) is 0.304. The van der Waals surface area contributed by atoms with Crippen LogP contribution in [0.3, 0.4) is 0 Å². The maximum atomic E-state index is 13.1. The van der Waals surface area contributed by atoms with Crippen LogP contribution in [0.2, 0.25) is 0 Å². The van der Waals surface area contributed by atoms with E-state index in [2.05, 4.69) is 25.2 Å². The number of carbonyl (C=O) groups excluding carboxylic acids is 1. The Morgan fingerprint density at radius 1 is 1.10 bits per heavy atom. The van der Waals surface area contributed by atoms with Gasteiger partial charge in [-0.3, -0.25) is 9.78 Å². The molecular formula is C23H24FN5O2. The molecule has 4 rings (SSSR count). The molecule has 2 aromatic heterocycles. The Morgan fingerprint density at radius 2 is 1.77 bits per heavy atom. The van der Waals surface area contributed by atoms with E-state index >= 15 is 0 Å². The Balaban J connectivity index is 1.45. The van der Waals surface area contributed by atoms with Crippen molar-refractivity contribution in [1.29, 1.82) is 0 Å². The number of rotatable bonds is 6. The number of aromatic nitrogens is 3. The lowest BCUT2D eigenvalue weighted by Gasteiger charge is -2.35. The van der Waals surface area contributed by atoms with Crippen LogP contribution in [-0.2, 0) is 11.2 Å². The predicted molar refractivity (Wildman–Crippen MR) is 116 cm³/mol. The number of Topliss-reactive ketones (excluding diaryl/α,β-unsaturated/α-hetero) is 1. The van der Waals surface area contributed by atoms with E-state index < -0.39 is 0 Å². The minimum Gasteiger partial charge on any atom is -0.372 e. The highest BCUT2D eigenvalue weighted by molar-refractivity contribution is 5.97. The summed E-state index contributed by atoms with van der Waals surface area (Å²) in [6.07, 6.45) is 6.80. The Hall–Kier alpha value is -3.39. The number of hydrogen-bond donors (Lipinski definition) is 1. The first-order valence-electron chi connectivity index (χ1n) is 10.2. The number of anilines is 3. The molecule has 0 amide bonds. The number of carbonyl (C=O) groups is 1. The number of pyridine rings is 1. The van der Waals surface area contributed by atoms with Gasteiger partial charge < -0.3 is 15.0 Å². The van der Waals surface area contributed by atoms with Gasteiger partial charge in [-0.05, 0) is 49.7 Å². The molecule has 1 aliphatic heterocycles. The van der Waals surface area contributed by atoms with E-state index in [4.69, 9.17) is 4.74 Å². The minimum atomic E-state index is -0.309. The summed E-state index contributed by atoms with van der Waals surface area (Å²) in [6, 6.07) is 7.80. The zero-order chi connectivity index (χ0) is 21.8. The van der Waals surface area contributed by atoms with Gasteiger partial charge in [-0.15, -0.1) is 0 Å². The highest BCUT2D eigenvalue weighted by Crippen LogP contribution is 2.22. The van der Waals surface area contributed by atoms with E-state index in [1.54, 1.807) is 43.0 Å². The van der Waals surface area contributed by atoms with Crippen molar-refractivity contribution in [2.75, 3.05) is 23.3 Å². The molecule has 1 N–H and O–H groups in total. The Labute approximate surface area is 180 Å². The summed E-state index contributed by atoms with van der Waals surface area (Å²) >= 11 is 0. The summed E-state index contributed by atoms with van der Waals surface area (Å²) in [4.78, 5) is 27.9. The van der Waals surface area contributed by atoms with Crippen molar-refractivity contribution >= 4 is 23.1 Å². The molecule has 0 radical (unpaired) electrons. The van der Waals surface area contributed by atoms with Crippen molar-refractivity contribution in [3.8, 4) is 0 Å². The van der Waals surface area contributed by atoms with Gasteiger partial charge in [0.1, 0.15) is 5.82 Å². The average Bonchev–Trinajstić information content (AvgIpc) is 2.76. The van der Waals surface area contributed by atoms with Crippen LogP contribution >= 0.6 is 0 Å². The molecule has 0 spiro atoms. The van der Waals surface area contributed by atoms with Gasteiger partial charge in [0.15, 0.2) is 5.78 Å². The summed E-state index contributed by atoms with van der Waals surface area (Å²) in [6.45, 7) is 5.47. The predicted octanol–water partition coefficient (Wildman–Crippen LogP) is 3.79. The highest BCUT2D eigenvalue weighted by atomic mass is 19.1. The van der Waals surface area contributed by atoms with Crippen molar-refractivity contribution in [3.63, 3.8) is 0 Å². The molecule has 7 nitrogen and oxygen atoms in total. The van der Waals surface area contributed by atoms with Gasteiger partial charge in [0.25, 0.3) is 0 Å². The lowest BCUT2D eigenvalue weighted by atomic mass is 10.0. The number of ketones is 1. The average molecular weight is 421 g/mol. The van der Waals surface area contributed by atoms with Crippen LogP contribution in [0.15, 0.2) is 55.1 Å². The molecule has 3 aromatic rings. The summed E-state index contributed by atoms with van der Waals surface area (Å²) in [5.74, 6) is 0.196. The van der Waals surface area contributed by atoms with E-state index in [1.807, 2.05) is 13.8 Å². The van der Waals surface area contributed by atoms with Crippen molar-refractivity contribution in [2.45, 2.75) is 32.5 Å². The maximum absolute atomic E-state index is 13.1. The van der Waals surface area contributed by atoms with Crippen molar-refractivity contribution in [1.82, 2.24) is 15.0 Å². The third-order valence-electron chi connectivity index (χ3n) is 5.05. The standard InChI is InChI=1S/C23H24FN5O2/c1-15-13-29(14-16(2)31-15)23-26-10-18(11-27-23)22(30)9-17-7-8-25-12-21(17)28-20-5-3-19(24)4-6-20/h3-8,10-12,15-16,28H,9,13-14H2,1-2H3/t15-,16+. The van der Waals surface area contributed by atoms with Crippen LogP contribution in [0.25, 0.3) is 0 Å². The Morgan fingerprint density at radius 3 is 2.45 bits per heavy atom. The smallest absolute Gasteiger partial charge is 0.225 e. The summed E-state index contributed by atoms with van der Waals surface area (Å²) < 4.78 is 18.9. The molecule has 1 aliphatic rings. The first-order valence-corrected chi connectivity index (χ1v) is 10.2. The molecule has 31 heavy (non-hydrogen) atoms. The highest BCUT2D eigenvalue weighted by Gasteiger charge is 2.24. The molecule has 160 valence electrons. The second-order valence-electron chi connectivity index (χ2n) is 7.70. The SMILES string of the molecule is C[C@@H]1CN(c2ncc(C(=O)Cc3ccncc3Nc3ccc(F)cc3)cn2)C[C@H](C)O1. The first-order chi connectivity index (χ1) is 15.0. The van der Waals surface area contributed by atoms with Crippen LogP contribution in [0.1, 0.15) is 29.8 Å². The topological polar surface area (TPSA) is 80.2 Å². The quantitative estimate of drug-likeness (QED) is 0.607. The van der Waals surface area contributed by atoms with Gasteiger partial charge in [-0.25, -0.2) is 14.4 Å². The Kier molecular flexibility index (Phi) is 6.18. The number of benzene rings is 1. The van der Waals surface area contributed by atoms with E-state index in [0.29, 0.717) is 36.0 Å². The van der Waals surface area contributed by atoms with Crippen LogP contribution in [0.5, 0.6) is 0 Å². The molecule has 0 bridgehead atoms. The van der Waals surface area contributed by atoms with Gasteiger partial charge in [0.05, 0.1) is 29.7 Å². The molecule has 0 saturated carbocycles. The molecule has 0 unspecified atom stereocenters. The molecule has 0 aliphatic carbocycles. The largest absolute Gasteiger partial charge is 0.372 e. The lowest BCUT2D eigenvalue weighted by molar-refractivity contribution is -0.00572. The zero-order valence-electron chi connectivity index (χ0n) is 17.5. The fourth-order valence-electron chi connectivity index (χ4n) is 3.62. The van der Waals surface area contributed by atoms with Crippen molar-refractivity contribution in [3.05, 3.63) is 72.1 Å². The second-order valence-corrected chi connectivity index (χ2v) is 7.70. The van der Waals surface area contributed by atoms with E-state index in [-0.39, 0.29) is 30.2 Å². The molecule has 2 atom stereocenters. The minimum absolute atomic E-state index is 0.0939. The third kappa shape index (κ3) is 5.21. The maximum Gasteiger partial charge on any atom is 0.225 e. The second kappa shape index (κ2) is 9.18. The van der Waals surface area contributed by atoms with Gasteiger partial charge >= 0.3 is 0 Å². The van der Waals surface area contributed by atoms with Crippen molar-refractivity contribution < 1.29 is 13.9 Å². The molecule has 1 aromatic carbocycles. The molecule has 1 saturated heterocycles. The zero-order valence-corrected chi connectivity index (χ0v) is 17.5. The molecule has 8 heteroatoms. The van der Waals surface area contributed by atoms with E-state index in [1.165, 1.54) is 12.1 Å². The number of ether oxygens (including phenoxy) is 1. The molecule has 3 heterocycles. The lowest BCUT2D eigenvalue weighted by Crippen LogP contribution is -2.46. The number of nitrogens with one attached hydrogen (secondary N) is 1. The number of hydrogen-bond acceptors (Lipinski definition) is 7. The third-order valence-corrected chi connectivity index (χ3v) is 5.05. The summed E-state index contributed by atoms with van der Waals surface area (Å²) in [7, 11) is 0. The van der Waals surface area contributed by atoms with Gasteiger partial charge in [0, 0.05) is 43.8 Å². The van der Waals surface area contributed by atoms with Gasteiger partial charge in [-0.2, -0.15) is 0 Å². The van der Waals surface area contributed by atoms with Crippen molar-refractivity contribution in [2.24, 2.45) is 0 Å². The summed E-state index contributed by atoms with van der Waals surface area (Å²) in [5, 5.41) is 3.19. The first kappa shape index (κ1) is 20.9. The Bertz CT molecular complexity index is 1030. The number of morpholine rings is 1. The van der Waals surface area contributed by atoms with Crippen LogP contribution < -0.4 is 10.2 Å². The number of nitrogens with zero attached hydrogens (tertiary/aromatic N) is 4. The fourth-order valence-corrected chi connectivity index (χ4v) is 3.62. The van der Waals surface area contributed by atoms with Gasteiger partial charge in [-0.1, -0.05) is 0 Å². The van der Waals surface area contributed by atoms with E-state index in [0.717, 1.165) is 5.56 Å². The molecule has 1 fully saturated rings. The van der Waals surface area contributed by atoms with Crippen LogP contribution in [-0.4, -0.2) is 46.0 Å². The summed E-state index contributed by atoms with van der Waals surface area (Å²) in [5.41, 5.74) is 2.63.